The Labute approximate surface area is 117 Å². The number of unbranched alkanes of at least 4 members (excludes halogenated alkanes) is 1. The average Bonchev–Trinajstić information content (AvgIpc) is 2.25. The van der Waals surface area contributed by atoms with Gasteiger partial charge in [-0.1, -0.05) is 66.7 Å². The van der Waals surface area contributed by atoms with E-state index in [9.17, 15) is 0 Å². The van der Waals surface area contributed by atoms with Crippen LogP contribution in [0.15, 0.2) is 0 Å². The molecule has 0 spiro atoms. The first kappa shape index (κ1) is 18.2. The van der Waals surface area contributed by atoms with Gasteiger partial charge in [0.15, 0.2) is 8.32 Å². The van der Waals surface area contributed by atoms with E-state index < -0.39 is 8.32 Å². The van der Waals surface area contributed by atoms with E-state index in [0.29, 0.717) is 5.04 Å². The van der Waals surface area contributed by atoms with Gasteiger partial charge in [-0.2, -0.15) is 0 Å². The SMILES string of the molecule is CCCC(CC)CCCCO[Si](C)(C)C(C)(C)C. The van der Waals surface area contributed by atoms with Gasteiger partial charge in [-0.25, -0.2) is 0 Å². The van der Waals surface area contributed by atoms with Crippen molar-refractivity contribution >= 4 is 8.32 Å². The maximum atomic E-state index is 6.21. The second kappa shape index (κ2) is 8.37. The second-order valence-corrected chi connectivity index (χ2v) is 12.0. The summed E-state index contributed by atoms with van der Waals surface area (Å²) in [4.78, 5) is 0. The molecule has 2 heteroatoms. The fourth-order valence-corrected chi connectivity index (χ4v) is 3.13. The van der Waals surface area contributed by atoms with Crippen LogP contribution in [-0.4, -0.2) is 14.9 Å². The first-order chi connectivity index (χ1) is 8.24. The van der Waals surface area contributed by atoms with Crippen LogP contribution in [0.25, 0.3) is 0 Å². The third kappa shape index (κ3) is 6.94. The van der Waals surface area contributed by atoms with Crippen molar-refractivity contribution < 1.29 is 4.43 Å². The summed E-state index contributed by atoms with van der Waals surface area (Å²) in [5, 5.41) is 0.348. The highest BCUT2D eigenvalue weighted by Crippen LogP contribution is 2.36. The third-order valence-electron chi connectivity index (χ3n) is 4.55. The molecular weight excluding hydrogens is 236 g/mol. The van der Waals surface area contributed by atoms with Gasteiger partial charge >= 0.3 is 0 Å². The molecule has 0 N–H and O–H groups in total. The Morgan fingerprint density at radius 3 is 2.06 bits per heavy atom. The summed E-state index contributed by atoms with van der Waals surface area (Å²) in [5.41, 5.74) is 0. The van der Waals surface area contributed by atoms with E-state index in [1.807, 2.05) is 0 Å². The van der Waals surface area contributed by atoms with Crippen LogP contribution in [0.3, 0.4) is 0 Å². The first-order valence-corrected chi connectivity index (χ1v) is 10.8. The molecule has 1 nitrogen and oxygen atoms in total. The maximum absolute atomic E-state index is 6.21. The van der Waals surface area contributed by atoms with Crippen molar-refractivity contribution in [1.29, 1.82) is 0 Å². The molecule has 0 bridgehead atoms. The van der Waals surface area contributed by atoms with Crippen molar-refractivity contribution in [3.05, 3.63) is 0 Å². The highest BCUT2D eigenvalue weighted by Gasteiger charge is 2.36. The monoisotopic (exact) mass is 272 g/mol. The predicted octanol–water partition coefficient (Wildman–Crippen LogP) is 6.00. The molecule has 0 aromatic rings. The minimum atomic E-state index is -1.51. The van der Waals surface area contributed by atoms with Gasteiger partial charge in [-0.3, -0.25) is 0 Å². The molecule has 18 heavy (non-hydrogen) atoms. The lowest BCUT2D eigenvalue weighted by Gasteiger charge is -2.36. The van der Waals surface area contributed by atoms with Crippen LogP contribution < -0.4 is 0 Å². The van der Waals surface area contributed by atoms with Crippen molar-refractivity contribution in [3.8, 4) is 0 Å². The molecule has 0 aliphatic carbocycles. The highest BCUT2D eigenvalue weighted by molar-refractivity contribution is 6.74. The topological polar surface area (TPSA) is 9.23 Å². The molecule has 0 rings (SSSR count). The van der Waals surface area contributed by atoms with Crippen LogP contribution in [0.5, 0.6) is 0 Å². The van der Waals surface area contributed by atoms with E-state index in [-0.39, 0.29) is 0 Å². The molecule has 0 aliphatic heterocycles. The molecule has 0 saturated carbocycles. The van der Waals surface area contributed by atoms with Gasteiger partial charge in [0.25, 0.3) is 0 Å². The molecule has 0 amide bonds. The lowest BCUT2D eigenvalue weighted by molar-refractivity contribution is 0.271. The summed E-state index contributed by atoms with van der Waals surface area (Å²) in [6.07, 6.45) is 8.06. The van der Waals surface area contributed by atoms with Crippen LogP contribution in [0.4, 0.5) is 0 Å². The largest absolute Gasteiger partial charge is 0.417 e. The summed E-state index contributed by atoms with van der Waals surface area (Å²) in [6, 6.07) is 0. The summed E-state index contributed by atoms with van der Waals surface area (Å²) in [7, 11) is -1.51. The Balaban J connectivity index is 3.74. The zero-order valence-electron chi connectivity index (χ0n) is 13.9. The molecule has 0 radical (unpaired) electrons. The van der Waals surface area contributed by atoms with Crippen molar-refractivity contribution in [2.24, 2.45) is 5.92 Å². The van der Waals surface area contributed by atoms with Crippen LogP contribution >= 0.6 is 0 Å². The maximum Gasteiger partial charge on any atom is 0.191 e. The van der Waals surface area contributed by atoms with E-state index in [2.05, 4.69) is 47.7 Å². The van der Waals surface area contributed by atoms with Gasteiger partial charge in [-0.05, 0) is 30.5 Å². The van der Waals surface area contributed by atoms with Crippen molar-refractivity contribution in [3.63, 3.8) is 0 Å². The standard InChI is InChI=1S/C16H36OSi/c1-8-12-15(9-2)13-10-11-14-17-18(6,7)16(3,4)5/h15H,8-14H2,1-7H3. The van der Waals surface area contributed by atoms with E-state index in [4.69, 9.17) is 4.43 Å². The normalized spacial score (nSPS) is 14.8. The molecule has 0 aromatic carbocycles. The minimum absolute atomic E-state index is 0.348. The van der Waals surface area contributed by atoms with Gasteiger partial charge in [0.2, 0.25) is 0 Å². The van der Waals surface area contributed by atoms with Gasteiger partial charge < -0.3 is 4.43 Å². The van der Waals surface area contributed by atoms with Crippen LogP contribution in [0.2, 0.25) is 18.1 Å². The number of hydrogen-bond acceptors (Lipinski definition) is 1. The third-order valence-corrected chi connectivity index (χ3v) is 9.09. The lowest BCUT2D eigenvalue weighted by atomic mass is 9.95. The van der Waals surface area contributed by atoms with Crippen LogP contribution in [-0.2, 0) is 4.43 Å². The Kier molecular flexibility index (Phi) is 8.45. The molecule has 110 valence electrons. The van der Waals surface area contributed by atoms with Gasteiger partial charge in [-0.15, -0.1) is 0 Å². The van der Waals surface area contributed by atoms with E-state index in [1.165, 1.54) is 38.5 Å². The Morgan fingerprint density at radius 1 is 1.00 bits per heavy atom. The van der Waals surface area contributed by atoms with Crippen molar-refractivity contribution in [2.45, 2.75) is 91.3 Å². The molecule has 1 atom stereocenters. The van der Waals surface area contributed by atoms with Crippen LogP contribution in [0.1, 0.15) is 73.1 Å². The molecule has 1 unspecified atom stereocenters. The number of hydrogen-bond donors (Lipinski definition) is 0. The molecule has 0 fully saturated rings. The molecule has 0 aliphatic rings. The Hall–Kier alpha value is 0.177. The average molecular weight is 273 g/mol. The van der Waals surface area contributed by atoms with Crippen molar-refractivity contribution in [1.82, 2.24) is 0 Å². The molecule has 0 saturated heterocycles. The summed E-state index contributed by atoms with van der Waals surface area (Å²) in [6.45, 7) is 17.2. The molecule has 0 heterocycles. The zero-order valence-corrected chi connectivity index (χ0v) is 14.9. The zero-order chi connectivity index (χ0) is 14.2. The van der Waals surface area contributed by atoms with Gasteiger partial charge in [0, 0.05) is 6.61 Å². The Morgan fingerprint density at radius 2 is 1.61 bits per heavy atom. The predicted molar refractivity (Wildman–Crippen MR) is 85.7 cm³/mol. The summed E-state index contributed by atoms with van der Waals surface area (Å²) >= 11 is 0. The highest BCUT2D eigenvalue weighted by atomic mass is 28.4. The van der Waals surface area contributed by atoms with Crippen LogP contribution in [0, 0.1) is 5.92 Å². The lowest BCUT2D eigenvalue weighted by Crippen LogP contribution is -2.40. The van der Waals surface area contributed by atoms with E-state index in [1.54, 1.807) is 0 Å². The fourth-order valence-electron chi connectivity index (χ4n) is 2.04. The number of rotatable bonds is 9. The minimum Gasteiger partial charge on any atom is -0.417 e. The van der Waals surface area contributed by atoms with Crippen molar-refractivity contribution in [2.75, 3.05) is 6.61 Å². The summed E-state index contributed by atoms with van der Waals surface area (Å²) in [5.74, 6) is 0.947. The van der Waals surface area contributed by atoms with Gasteiger partial charge in [0.1, 0.15) is 0 Å². The fraction of sp³-hybridized carbons (Fsp3) is 1.00. The van der Waals surface area contributed by atoms with E-state index in [0.717, 1.165) is 12.5 Å². The molecular formula is C16H36OSi. The van der Waals surface area contributed by atoms with E-state index >= 15 is 0 Å². The Bertz CT molecular complexity index is 206. The smallest absolute Gasteiger partial charge is 0.191 e. The first-order valence-electron chi connectivity index (χ1n) is 7.88. The summed E-state index contributed by atoms with van der Waals surface area (Å²) < 4.78 is 6.21. The second-order valence-electron chi connectivity index (χ2n) is 7.17. The van der Waals surface area contributed by atoms with Gasteiger partial charge in [0.05, 0.1) is 0 Å². The quantitative estimate of drug-likeness (QED) is 0.369. The molecule has 0 aromatic heterocycles.